The number of aromatic amines is 1. The summed E-state index contributed by atoms with van der Waals surface area (Å²) in [4.78, 5) is 11.1. The van der Waals surface area contributed by atoms with Crippen molar-refractivity contribution in [1.82, 2.24) is 10.2 Å². The number of anilines is 2. The maximum atomic E-state index is 11.1. The highest BCUT2D eigenvalue weighted by Crippen LogP contribution is 2.18. The summed E-state index contributed by atoms with van der Waals surface area (Å²) in [6, 6.07) is 7.37. The number of nitrogens with one attached hydrogen (secondary N) is 2. The predicted molar refractivity (Wildman–Crippen MR) is 63.1 cm³/mol. The molecule has 0 saturated carbocycles. The molecule has 1 aromatic carbocycles. The smallest absolute Gasteiger partial charge is 0.159 e. The number of aryl methyl sites for hydroxylation is 1. The van der Waals surface area contributed by atoms with E-state index in [0.29, 0.717) is 0 Å². The summed E-state index contributed by atoms with van der Waals surface area (Å²) in [6.07, 6.45) is 1.73. The lowest BCUT2D eigenvalue weighted by Gasteiger charge is -2.05. The third-order valence-electron chi connectivity index (χ3n) is 2.40. The number of rotatable bonds is 3. The first-order valence-electron chi connectivity index (χ1n) is 5.05. The van der Waals surface area contributed by atoms with Gasteiger partial charge in [-0.2, -0.15) is 5.10 Å². The molecule has 0 aliphatic carbocycles. The van der Waals surface area contributed by atoms with Gasteiger partial charge in [-0.3, -0.25) is 9.89 Å². The van der Waals surface area contributed by atoms with E-state index in [2.05, 4.69) is 15.5 Å². The van der Waals surface area contributed by atoms with Gasteiger partial charge >= 0.3 is 0 Å². The minimum atomic E-state index is 0.0750. The molecule has 16 heavy (non-hydrogen) atoms. The van der Waals surface area contributed by atoms with Crippen LogP contribution in [0.5, 0.6) is 0 Å². The first-order valence-corrected chi connectivity index (χ1v) is 5.05. The second kappa shape index (κ2) is 4.18. The van der Waals surface area contributed by atoms with E-state index in [4.69, 9.17) is 0 Å². The van der Waals surface area contributed by atoms with E-state index in [1.54, 1.807) is 25.3 Å². The standard InChI is InChI=1S/C12H13N3O/c1-8-12(7-13-15-8)14-11-5-3-10(4-6-11)9(2)16/h3-7,14H,1-2H3,(H,13,15). The molecule has 0 aliphatic rings. The molecule has 4 heteroatoms. The molecule has 2 aromatic rings. The van der Waals surface area contributed by atoms with Gasteiger partial charge in [0.2, 0.25) is 0 Å². The highest BCUT2D eigenvalue weighted by Gasteiger charge is 2.02. The summed E-state index contributed by atoms with van der Waals surface area (Å²) >= 11 is 0. The van der Waals surface area contributed by atoms with E-state index in [0.717, 1.165) is 22.6 Å². The molecule has 2 rings (SSSR count). The summed E-state index contributed by atoms with van der Waals surface area (Å²) in [5.74, 6) is 0.0750. The zero-order valence-electron chi connectivity index (χ0n) is 9.24. The highest BCUT2D eigenvalue weighted by molar-refractivity contribution is 5.94. The number of H-pyrrole nitrogens is 1. The van der Waals surface area contributed by atoms with Crippen molar-refractivity contribution in [3.05, 3.63) is 41.7 Å². The molecule has 0 unspecified atom stereocenters. The quantitative estimate of drug-likeness (QED) is 0.774. The lowest BCUT2D eigenvalue weighted by Crippen LogP contribution is -1.94. The van der Waals surface area contributed by atoms with Crippen molar-refractivity contribution in [2.24, 2.45) is 0 Å². The summed E-state index contributed by atoms with van der Waals surface area (Å²) in [7, 11) is 0. The Kier molecular flexibility index (Phi) is 2.72. The van der Waals surface area contributed by atoms with Crippen LogP contribution in [0, 0.1) is 6.92 Å². The van der Waals surface area contributed by atoms with Gasteiger partial charge in [-0.05, 0) is 38.1 Å². The number of nitrogens with zero attached hydrogens (tertiary/aromatic N) is 1. The monoisotopic (exact) mass is 215 g/mol. The van der Waals surface area contributed by atoms with E-state index in [1.807, 2.05) is 19.1 Å². The molecule has 0 atom stereocenters. The zero-order valence-corrected chi connectivity index (χ0v) is 9.24. The van der Waals surface area contributed by atoms with Crippen LogP contribution in [0.4, 0.5) is 11.4 Å². The van der Waals surface area contributed by atoms with Crippen molar-refractivity contribution in [3.63, 3.8) is 0 Å². The lowest BCUT2D eigenvalue weighted by molar-refractivity contribution is 0.101. The Morgan fingerprint density at radius 2 is 2.00 bits per heavy atom. The van der Waals surface area contributed by atoms with Crippen LogP contribution in [0.2, 0.25) is 0 Å². The van der Waals surface area contributed by atoms with Gasteiger partial charge in [-0.1, -0.05) is 0 Å². The van der Waals surface area contributed by atoms with Gasteiger partial charge in [0.15, 0.2) is 5.78 Å². The van der Waals surface area contributed by atoms with Crippen molar-refractivity contribution in [1.29, 1.82) is 0 Å². The number of ketones is 1. The number of benzene rings is 1. The summed E-state index contributed by atoms with van der Waals surface area (Å²) in [5, 5.41) is 9.99. The summed E-state index contributed by atoms with van der Waals surface area (Å²) < 4.78 is 0. The number of Topliss-reactive ketones (excluding diaryl/α,β-unsaturated/α-hetero) is 1. The molecular formula is C12H13N3O. The average Bonchev–Trinajstić information content (AvgIpc) is 2.65. The van der Waals surface area contributed by atoms with E-state index in [1.165, 1.54) is 0 Å². The van der Waals surface area contributed by atoms with E-state index >= 15 is 0 Å². The van der Waals surface area contributed by atoms with Crippen molar-refractivity contribution in [2.45, 2.75) is 13.8 Å². The van der Waals surface area contributed by atoms with Crippen LogP contribution in [-0.4, -0.2) is 16.0 Å². The molecule has 0 aliphatic heterocycles. The molecule has 2 N–H and O–H groups in total. The second-order valence-electron chi connectivity index (χ2n) is 3.67. The van der Waals surface area contributed by atoms with Crippen LogP contribution in [0.25, 0.3) is 0 Å². The van der Waals surface area contributed by atoms with E-state index < -0.39 is 0 Å². The predicted octanol–water partition coefficient (Wildman–Crippen LogP) is 2.66. The van der Waals surface area contributed by atoms with Crippen LogP contribution < -0.4 is 5.32 Å². The molecule has 0 radical (unpaired) electrons. The SMILES string of the molecule is CC(=O)c1ccc(Nc2cn[nH]c2C)cc1. The first kappa shape index (κ1) is 10.4. The van der Waals surface area contributed by atoms with Gasteiger partial charge in [-0.15, -0.1) is 0 Å². The molecule has 0 bridgehead atoms. The highest BCUT2D eigenvalue weighted by atomic mass is 16.1. The molecule has 82 valence electrons. The molecule has 1 aromatic heterocycles. The Hall–Kier alpha value is -2.10. The molecule has 0 amide bonds. The van der Waals surface area contributed by atoms with Crippen LogP contribution in [0.1, 0.15) is 23.0 Å². The third-order valence-corrected chi connectivity index (χ3v) is 2.40. The van der Waals surface area contributed by atoms with Gasteiger partial charge in [0, 0.05) is 11.3 Å². The maximum absolute atomic E-state index is 11.1. The molecular weight excluding hydrogens is 202 g/mol. The zero-order chi connectivity index (χ0) is 11.5. The summed E-state index contributed by atoms with van der Waals surface area (Å²) in [6.45, 7) is 3.50. The van der Waals surface area contributed by atoms with Crippen molar-refractivity contribution in [3.8, 4) is 0 Å². The largest absolute Gasteiger partial charge is 0.353 e. The van der Waals surface area contributed by atoms with Crippen molar-refractivity contribution >= 4 is 17.2 Å². The number of hydrogen-bond acceptors (Lipinski definition) is 3. The van der Waals surface area contributed by atoms with Crippen LogP contribution >= 0.6 is 0 Å². The minimum Gasteiger partial charge on any atom is -0.353 e. The van der Waals surface area contributed by atoms with E-state index in [9.17, 15) is 4.79 Å². The van der Waals surface area contributed by atoms with Crippen molar-refractivity contribution in [2.75, 3.05) is 5.32 Å². The van der Waals surface area contributed by atoms with Gasteiger partial charge < -0.3 is 5.32 Å². The number of aromatic nitrogens is 2. The third kappa shape index (κ3) is 2.11. The topological polar surface area (TPSA) is 57.8 Å². The second-order valence-corrected chi connectivity index (χ2v) is 3.67. The normalized spacial score (nSPS) is 10.1. The fraction of sp³-hybridized carbons (Fsp3) is 0.167. The fourth-order valence-electron chi connectivity index (χ4n) is 1.42. The first-order chi connectivity index (χ1) is 7.66. The average molecular weight is 215 g/mol. The van der Waals surface area contributed by atoms with E-state index in [-0.39, 0.29) is 5.78 Å². The van der Waals surface area contributed by atoms with Crippen LogP contribution in [-0.2, 0) is 0 Å². The molecule has 1 heterocycles. The minimum absolute atomic E-state index is 0.0750. The van der Waals surface area contributed by atoms with Gasteiger partial charge in [0.1, 0.15) is 0 Å². The Bertz CT molecular complexity index is 499. The van der Waals surface area contributed by atoms with Gasteiger partial charge in [0.05, 0.1) is 17.6 Å². The number of hydrogen-bond donors (Lipinski definition) is 2. The molecule has 4 nitrogen and oxygen atoms in total. The maximum Gasteiger partial charge on any atom is 0.159 e. The van der Waals surface area contributed by atoms with Crippen molar-refractivity contribution < 1.29 is 4.79 Å². The Balaban J connectivity index is 2.17. The van der Waals surface area contributed by atoms with Gasteiger partial charge in [-0.25, -0.2) is 0 Å². The molecule has 0 spiro atoms. The Morgan fingerprint density at radius 3 is 2.50 bits per heavy atom. The Labute approximate surface area is 93.7 Å². The number of carbonyl (C=O) groups is 1. The molecule has 0 fully saturated rings. The molecule has 0 saturated heterocycles. The van der Waals surface area contributed by atoms with Gasteiger partial charge in [0.25, 0.3) is 0 Å². The van der Waals surface area contributed by atoms with Crippen LogP contribution in [0.15, 0.2) is 30.5 Å². The number of carbonyl (C=O) groups excluding carboxylic acids is 1. The van der Waals surface area contributed by atoms with Crippen LogP contribution in [0.3, 0.4) is 0 Å². The fourth-order valence-corrected chi connectivity index (χ4v) is 1.42. The Morgan fingerprint density at radius 1 is 1.31 bits per heavy atom. The lowest BCUT2D eigenvalue weighted by atomic mass is 10.1. The summed E-state index contributed by atoms with van der Waals surface area (Å²) in [5.41, 5.74) is 3.58.